The Morgan fingerprint density at radius 3 is 0.956 bits per heavy atom. The second-order valence-corrected chi connectivity index (χ2v) is 11.1. The van der Waals surface area contributed by atoms with Gasteiger partial charge in [-0.15, -0.1) is 0 Å². The third-order valence-corrected chi connectivity index (χ3v) is 8.16. The van der Waals surface area contributed by atoms with Gasteiger partial charge in [-0.1, -0.05) is 158 Å². The molecule has 0 aliphatic rings. The van der Waals surface area contributed by atoms with E-state index in [1.54, 1.807) is 12.1 Å². The average molecular weight is 580 g/mol. The van der Waals surface area contributed by atoms with Crippen molar-refractivity contribution in [2.75, 3.05) is 0 Å². The Labute approximate surface area is 263 Å². The summed E-state index contributed by atoms with van der Waals surface area (Å²) in [6.45, 7) is 0. The molecule has 0 aliphatic heterocycles. The van der Waals surface area contributed by atoms with Gasteiger partial charge in [0, 0.05) is 11.1 Å². The summed E-state index contributed by atoms with van der Waals surface area (Å²) in [5, 5.41) is 18.9. The van der Waals surface area contributed by atoms with E-state index in [0.717, 1.165) is 44.8 Å². The van der Waals surface area contributed by atoms with Gasteiger partial charge in [0.1, 0.15) is 0 Å². The summed E-state index contributed by atoms with van der Waals surface area (Å²) in [5.41, 5.74) is 13.4. The quantitative estimate of drug-likeness (QED) is 0.186. The molecular formula is C41H30BNO2. The van der Waals surface area contributed by atoms with Crippen LogP contribution in [0.3, 0.4) is 0 Å². The second kappa shape index (κ2) is 12.6. The van der Waals surface area contributed by atoms with Crippen LogP contribution in [0, 0.1) is 0 Å². The molecule has 0 aliphatic carbocycles. The van der Waals surface area contributed by atoms with Crippen LogP contribution in [-0.2, 0) is 0 Å². The number of pyridine rings is 1. The highest BCUT2D eigenvalue weighted by Crippen LogP contribution is 2.33. The Balaban J connectivity index is 1.26. The summed E-state index contributed by atoms with van der Waals surface area (Å²) in [6, 6.07) is 58.1. The number of aromatic nitrogens is 1. The number of nitrogens with zero attached hydrogens (tertiary/aromatic N) is 1. The molecule has 0 bridgehead atoms. The molecule has 0 atom stereocenters. The number of benzene rings is 6. The molecule has 7 rings (SSSR count). The summed E-state index contributed by atoms with van der Waals surface area (Å²) in [7, 11) is -1.47. The largest absolute Gasteiger partial charge is 0.488 e. The van der Waals surface area contributed by atoms with Crippen LogP contribution in [0.4, 0.5) is 0 Å². The third-order valence-electron chi connectivity index (χ3n) is 8.16. The zero-order chi connectivity index (χ0) is 30.6. The van der Waals surface area contributed by atoms with Crippen molar-refractivity contribution in [2.24, 2.45) is 0 Å². The molecule has 7 aromatic rings. The fourth-order valence-electron chi connectivity index (χ4n) is 5.62. The highest BCUT2D eigenvalue weighted by molar-refractivity contribution is 6.58. The Hall–Kier alpha value is -5.55. The Kier molecular flexibility index (Phi) is 7.90. The van der Waals surface area contributed by atoms with E-state index in [2.05, 4.69) is 133 Å². The predicted molar refractivity (Wildman–Crippen MR) is 187 cm³/mol. The zero-order valence-corrected chi connectivity index (χ0v) is 24.6. The summed E-state index contributed by atoms with van der Waals surface area (Å²) in [4.78, 5) is 5.14. The normalized spacial score (nSPS) is 10.9. The lowest BCUT2D eigenvalue weighted by Crippen LogP contribution is -2.29. The van der Waals surface area contributed by atoms with Gasteiger partial charge in [0.2, 0.25) is 0 Å². The summed E-state index contributed by atoms with van der Waals surface area (Å²) in [5.74, 6) is 0. The molecule has 0 radical (unpaired) electrons. The highest BCUT2D eigenvalue weighted by atomic mass is 16.4. The van der Waals surface area contributed by atoms with Crippen molar-refractivity contribution in [3.05, 3.63) is 170 Å². The lowest BCUT2D eigenvalue weighted by atomic mass is 9.80. The minimum absolute atomic E-state index is 0.470. The van der Waals surface area contributed by atoms with Crippen LogP contribution in [0.25, 0.3) is 67.0 Å². The summed E-state index contributed by atoms with van der Waals surface area (Å²) in [6.07, 6.45) is 0. The van der Waals surface area contributed by atoms with E-state index >= 15 is 0 Å². The molecule has 3 nitrogen and oxygen atoms in total. The van der Waals surface area contributed by atoms with E-state index in [1.807, 2.05) is 24.3 Å². The van der Waals surface area contributed by atoms with Crippen LogP contribution in [0.2, 0.25) is 0 Å². The number of hydrogen-bond donors (Lipinski definition) is 2. The molecule has 0 amide bonds. The lowest BCUT2D eigenvalue weighted by Gasteiger charge is -2.12. The van der Waals surface area contributed by atoms with Crippen LogP contribution in [0.15, 0.2) is 170 Å². The van der Waals surface area contributed by atoms with Gasteiger partial charge in [-0.2, -0.15) is 0 Å². The Morgan fingerprint density at radius 1 is 0.311 bits per heavy atom. The summed E-state index contributed by atoms with van der Waals surface area (Å²) < 4.78 is 0. The van der Waals surface area contributed by atoms with Crippen LogP contribution >= 0.6 is 0 Å². The van der Waals surface area contributed by atoms with Gasteiger partial charge in [-0.3, -0.25) is 0 Å². The van der Waals surface area contributed by atoms with Gasteiger partial charge in [0.25, 0.3) is 0 Å². The summed E-state index contributed by atoms with van der Waals surface area (Å²) >= 11 is 0. The van der Waals surface area contributed by atoms with Crippen LogP contribution in [-0.4, -0.2) is 22.2 Å². The molecule has 1 aromatic heterocycles. The van der Waals surface area contributed by atoms with Crippen molar-refractivity contribution >= 4 is 12.6 Å². The van der Waals surface area contributed by atoms with Gasteiger partial charge in [-0.05, 0) is 62.1 Å². The highest BCUT2D eigenvalue weighted by Gasteiger charge is 2.12. The maximum Gasteiger partial charge on any atom is 0.488 e. The topological polar surface area (TPSA) is 53.4 Å². The van der Waals surface area contributed by atoms with Crippen LogP contribution in [0.1, 0.15) is 0 Å². The van der Waals surface area contributed by atoms with E-state index in [9.17, 15) is 10.0 Å². The van der Waals surface area contributed by atoms with Crippen molar-refractivity contribution in [2.45, 2.75) is 0 Å². The standard InChI is InChI=1S/C41H30BNO2/c44-42(45)39-25-23-34(24-26-39)33-17-21-37(22-18-33)41-28-38(35-13-11-31(12-14-35)29-7-3-1-4-8-29)27-40(43-41)36-19-15-32(16-20-36)30-9-5-2-6-10-30/h1-28,44-45H. The van der Waals surface area contributed by atoms with Crippen molar-refractivity contribution in [3.8, 4) is 67.0 Å². The Morgan fingerprint density at radius 2 is 0.600 bits per heavy atom. The Bertz CT molecular complexity index is 1920. The van der Waals surface area contributed by atoms with Crippen molar-refractivity contribution < 1.29 is 10.0 Å². The molecule has 0 unspecified atom stereocenters. The first kappa shape index (κ1) is 28.2. The molecule has 2 N–H and O–H groups in total. The SMILES string of the molecule is OB(O)c1ccc(-c2ccc(-c3cc(-c4ccc(-c5ccccc5)cc4)cc(-c4ccc(-c5ccccc5)cc4)n3)cc2)cc1. The zero-order valence-electron chi connectivity index (χ0n) is 24.6. The fraction of sp³-hybridized carbons (Fsp3) is 0. The van der Waals surface area contributed by atoms with E-state index in [0.29, 0.717) is 5.46 Å². The van der Waals surface area contributed by atoms with E-state index in [4.69, 9.17) is 4.98 Å². The molecule has 45 heavy (non-hydrogen) atoms. The molecule has 0 saturated heterocycles. The van der Waals surface area contributed by atoms with E-state index in [1.165, 1.54) is 22.3 Å². The third kappa shape index (κ3) is 6.25. The first-order valence-corrected chi connectivity index (χ1v) is 15.0. The monoisotopic (exact) mass is 579 g/mol. The van der Waals surface area contributed by atoms with Crippen molar-refractivity contribution in [1.82, 2.24) is 4.98 Å². The molecule has 0 fully saturated rings. The average Bonchev–Trinajstić information content (AvgIpc) is 3.12. The molecule has 6 aromatic carbocycles. The van der Waals surface area contributed by atoms with Gasteiger partial charge in [0.15, 0.2) is 0 Å². The number of rotatable bonds is 7. The molecule has 214 valence electrons. The maximum absolute atomic E-state index is 9.44. The minimum atomic E-state index is -1.47. The predicted octanol–water partition coefficient (Wildman–Crippen LogP) is 8.76. The molecule has 4 heteroatoms. The van der Waals surface area contributed by atoms with Crippen LogP contribution < -0.4 is 5.46 Å². The van der Waals surface area contributed by atoms with Gasteiger partial charge in [0.05, 0.1) is 11.4 Å². The fourth-order valence-corrected chi connectivity index (χ4v) is 5.62. The first-order valence-electron chi connectivity index (χ1n) is 15.0. The van der Waals surface area contributed by atoms with Crippen LogP contribution in [0.5, 0.6) is 0 Å². The maximum atomic E-state index is 9.44. The number of hydrogen-bond acceptors (Lipinski definition) is 3. The van der Waals surface area contributed by atoms with Crippen molar-refractivity contribution in [1.29, 1.82) is 0 Å². The molecule has 1 heterocycles. The minimum Gasteiger partial charge on any atom is -0.423 e. The van der Waals surface area contributed by atoms with Gasteiger partial charge >= 0.3 is 7.12 Å². The van der Waals surface area contributed by atoms with Gasteiger partial charge in [-0.25, -0.2) is 4.98 Å². The van der Waals surface area contributed by atoms with Crippen molar-refractivity contribution in [3.63, 3.8) is 0 Å². The van der Waals surface area contributed by atoms with Gasteiger partial charge < -0.3 is 10.0 Å². The van der Waals surface area contributed by atoms with E-state index in [-0.39, 0.29) is 0 Å². The molecule has 0 spiro atoms. The van der Waals surface area contributed by atoms with E-state index < -0.39 is 7.12 Å². The first-order chi connectivity index (χ1) is 22.1. The smallest absolute Gasteiger partial charge is 0.423 e. The molecular weight excluding hydrogens is 549 g/mol. The second-order valence-electron chi connectivity index (χ2n) is 11.1. The molecule has 0 saturated carbocycles. The lowest BCUT2D eigenvalue weighted by molar-refractivity contribution is 0.426.